The summed E-state index contributed by atoms with van der Waals surface area (Å²) in [6, 6.07) is 12.7. The molecule has 0 fully saturated rings. The molecule has 0 bridgehead atoms. The Hall–Kier alpha value is -5.40. The Morgan fingerprint density at radius 1 is 0.587 bits per heavy atom. The van der Waals surface area contributed by atoms with E-state index in [0.29, 0.717) is 49.7 Å². The number of nitrogens with one attached hydrogen (secondary N) is 4. The first-order valence-electron chi connectivity index (χ1n) is 14.9. The fourth-order valence-corrected chi connectivity index (χ4v) is 4.58. The Labute approximate surface area is 268 Å². The van der Waals surface area contributed by atoms with E-state index in [4.69, 9.17) is 9.47 Å². The van der Waals surface area contributed by atoms with Gasteiger partial charge in [-0.15, -0.1) is 0 Å². The third-order valence-corrected chi connectivity index (χ3v) is 6.91. The summed E-state index contributed by atoms with van der Waals surface area (Å²) < 4.78 is 12.0. The molecule has 0 unspecified atom stereocenters. The predicted molar refractivity (Wildman–Crippen MR) is 173 cm³/mol. The molecule has 0 aliphatic rings. The minimum Gasteiger partial charge on any atom is -0.458 e. The molecule has 4 aromatic rings. The van der Waals surface area contributed by atoms with Crippen molar-refractivity contribution in [1.82, 2.24) is 40.5 Å². The number of amides is 2. The van der Waals surface area contributed by atoms with Gasteiger partial charge >= 0.3 is 12.0 Å². The lowest BCUT2D eigenvalue weighted by atomic mass is 9.92. The summed E-state index contributed by atoms with van der Waals surface area (Å²) in [6.45, 7) is 13.0. The second-order valence-electron chi connectivity index (χ2n) is 10.6. The third-order valence-electron chi connectivity index (χ3n) is 6.91. The Morgan fingerprint density at radius 2 is 1.00 bits per heavy atom. The fraction of sp³-hybridized carbons (Fsp3) is 0.375. The SMILES string of the molecule is CC(=O)NCCNc1nc(C)nc(OCc2cccc(-c3cccc(COc4nc(C)nc(NCCNC(C)=O)n4)c3C)c2C)n1. The summed E-state index contributed by atoms with van der Waals surface area (Å²) in [5.41, 5.74) is 6.30. The van der Waals surface area contributed by atoms with Gasteiger partial charge in [0.05, 0.1) is 0 Å². The molecule has 0 saturated heterocycles. The van der Waals surface area contributed by atoms with Crippen LogP contribution in [-0.2, 0) is 22.8 Å². The first-order chi connectivity index (χ1) is 22.1. The van der Waals surface area contributed by atoms with Crippen molar-refractivity contribution in [2.24, 2.45) is 0 Å². The van der Waals surface area contributed by atoms with E-state index in [0.717, 1.165) is 33.4 Å². The lowest BCUT2D eigenvalue weighted by Crippen LogP contribution is -2.26. The number of hydrogen-bond acceptors (Lipinski definition) is 12. The first-order valence-corrected chi connectivity index (χ1v) is 14.9. The number of carbonyl (C=O) groups excluding carboxylic acids is 2. The molecule has 2 amide bonds. The third kappa shape index (κ3) is 9.81. The van der Waals surface area contributed by atoms with Crippen molar-refractivity contribution in [3.05, 3.63) is 70.3 Å². The number of aromatic nitrogens is 6. The molecule has 4 rings (SSSR count). The first kappa shape index (κ1) is 33.5. The van der Waals surface area contributed by atoms with Crippen LogP contribution in [0.5, 0.6) is 12.0 Å². The van der Waals surface area contributed by atoms with Gasteiger partial charge in [0, 0.05) is 40.0 Å². The monoisotopic (exact) mass is 628 g/mol. The van der Waals surface area contributed by atoms with Gasteiger partial charge < -0.3 is 30.7 Å². The molecule has 2 aromatic carbocycles. The number of benzene rings is 2. The fourth-order valence-electron chi connectivity index (χ4n) is 4.58. The van der Waals surface area contributed by atoms with E-state index >= 15 is 0 Å². The van der Waals surface area contributed by atoms with Crippen molar-refractivity contribution >= 4 is 23.7 Å². The van der Waals surface area contributed by atoms with Crippen LogP contribution in [-0.4, -0.2) is 67.9 Å². The highest BCUT2D eigenvalue weighted by atomic mass is 16.5. The van der Waals surface area contributed by atoms with Crippen LogP contribution in [0.4, 0.5) is 11.9 Å². The number of rotatable bonds is 15. The van der Waals surface area contributed by atoms with Gasteiger partial charge in [0.25, 0.3) is 0 Å². The molecule has 14 nitrogen and oxygen atoms in total. The van der Waals surface area contributed by atoms with Gasteiger partial charge in [-0.3, -0.25) is 9.59 Å². The summed E-state index contributed by atoms with van der Waals surface area (Å²) in [5, 5.41) is 11.6. The van der Waals surface area contributed by atoms with E-state index in [1.807, 2.05) is 24.3 Å². The molecule has 0 aliphatic carbocycles. The molecule has 0 aliphatic heterocycles. The van der Waals surface area contributed by atoms with E-state index in [9.17, 15) is 9.59 Å². The molecule has 242 valence electrons. The van der Waals surface area contributed by atoms with Crippen LogP contribution < -0.4 is 30.7 Å². The molecule has 14 heteroatoms. The second kappa shape index (κ2) is 16.1. The summed E-state index contributed by atoms with van der Waals surface area (Å²) >= 11 is 0. The Bertz CT molecular complexity index is 1560. The van der Waals surface area contributed by atoms with Crippen LogP contribution in [0.15, 0.2) is 36.4 Å². The Kier molecular flexibility index (Phi) is 11.7. The van der Waals surface area contributed by atoms with Gasteiger partial charge in [-0.2, -0.15) is 29.9 Å². The Balaban J connectivity index is 1.43. The molecular weight excluding hydrogens is 588 g/mol. The molecule has 0 saturated carbocycles. The number of hydrogen-bond donors (Lipinski definition) is 4. The van der Waals surface area contributed by atoms with Gasteiger partial charge in [-0.25, -0.2) is 0 Å². The highest BCUT2D eigenvalue weighted by Crippen LogP contribution is 2.31. The highest BCUT2D eigenvalue weighted by Gasteiger charge is 2.14. The van der Waals surface area contributed by atoms with Gasteiger partial charge in [0.1, 0.15) is 24.9 Å². The predicted octanol–water partition coefficient (Wildman–Crippen LogP) is 3.21. The molecule has 2 aromatic heterocycles. The maximum Gasteiger partial charge on any atom is 0.321 e. The van der Waals surface area contributed by atoms with Crippen molar-refractivity contribution in [2.45, 2.75) is 54.8 Å². The summed E-state index contributed by atoms with van der Waals surface area (Å²) in [6.07, 6.45) is 0. The van der Waals surface area contributed by atoms with E-state index in [-0.39, 0.29) is 37.0 Å². The zero-order valence-corrected chi connectivity index (χ0v) is 27.0. The van der Waals surface area contributed by atoms with Crippen LogP contribution in [0.1, 0.15) is 47.8 Å². The summed E-state index contributed by atoms with van der Waals surface area (Å²) in [7, 11) is 0. The average molecular weight is 629 g/mol. The molecule has 2 heterocycles. The number of anilines is 2. The van der Waals surface area contributed by atoms with Crippen LogP contribution in [0.2, 0.25) is 0 Å². The number of nitrogens with zero attached hydrogens (tertiary/aromatic N) is 6. The van der Waals surface area contributed by atoms with Gasteiger partial charge in [-0.1, -0.05) is 36.4 Å². The zero-order valence-electron chi connectivity index (χ0n) is 27.0. The van der Waals surface area contributed by atoms with Crippen LogP contribution >= 0.6 is 0 Å². The van der Waals surface area contributed by atoms with Crippen molar-refractivity contribution in [1.29, 1.82) is 0 Å². The van der Waals surface area contributed by atoms with E-state index in [2.05, 4.69) is 77.2 Å². The Morgan fingerprint density at radius 3 is 1.39 bits per heavy atom. The molecule has 0 atom stereocenters. The van der Waals surface area contributed by atoms with Gasteiger partial charge in [0.15, 0.2) is 0 Å². The van der Waals surface area contributed by atoms with Crippen molar-refractivity contribution in [2.75, 3.05) is 36.8 Å². The average Bonchev–Trinajstić information content (AvgIpc) is 3.00. The van der Waals surface area contributed by atoms with Crippen molar-refractivity contribution in [3.8, 4) is 23.1 Å². The zero-order chi connectivity index (χ0) is 33.1. The molecule has 0 radical (unpaired) electrons. The lowest BCUT2D eigenvalue weighted by Gasteiger charge is -2.16. The number of ether oxygens (including phenoxy) is 2. The minimum absolute atomic E-state index is 0.0973. The quantitative estimate of drug-likeness (QED) is 0.142. The normalized spacial score (nSPS) is 10.7. The lowest BCUT2D eigenvalue weighted by molar-refractivity contribution is -0.119. The molecule has 46 heavy (non-hydrogen) atoms. The summed E-state index contributed by atoms with van der Waals surface area (Å²) in [4.78, 5) is 48.1. The van der Waals surface area contributed by atoms with E-state index in [1.54, 1.807) is 13.8 Å². The van der Waals surface area contributed by atoms with Gasteiger partial charge in [-0.05, 0) is 61.1 Å². The van der Waals surface area contributed by atoms with Crippen molar-refractivity contribution in [3.63, 3.8) is 0 Å². The molecular formula is C32H40N10O4. The van der Waals surface area contributed by atoms with E-state index < -0.39 is 0 Å². The summed E-state index contributed by atoms with van der Waals surface area (Å²) in [5.74, 6) is 1.62. The topological polar surface area (TPSA) is 178 Å². The highest BCUT2D eigenvalue weighted by molar-refractivity contribution is 5.73. The van der Waals surface area contributed by atoms with Crippen LogP contribution in [0.25, 0.3) is 11.1 Å². The van der Waals surface area contributed by atoms with Crippen LogP contribution in [0.3, 0.4) is 0 Å². The maximum atomic E-state index is 11.1. The van der Waals surface area contributed by atoms with Crippen molar-refractivity contribution < 1.29 is 19.1 Å². The largest absolute Gasteiger partial charge is 0.458 e. The van der Waals surface area contributed by atoms with E-state index in [1.165, 1.54) is 13.8 Å². The van der Waals surface area contributed by atoms with Crippen LogP contribution in [0, 0.1) is 27.7 Å². The molecule has 0 spiro atoms. The number of carbonyl (C=O) groups is 2. The molecule has 4 N–H and O–H groups in total. The maximum absolute atomic E-state index is 11.1. The number of aryl methyl sites for hydroxylation is 2. The second-order valence-corrected chi connectivity index (χ2v) is 10.6. The standard InChI is InChI=1S/C32H40N10O4/c1-19-25(17-45-31-39-21(3)37-29(41-31)35-15-13-33-23(5)43)9-7-11-27(19)28-12-8-10-26(20(28)2)18-46-32-40-22(4)38-30(42-32)36-16-14-34-24(6)44/h7-12H,13-18H2,1-6H3,(H,33,43)(H,34,44)(H,35,37,39,41)(H,36,38,40,42). The van der Waals surface area contributed by atoms with Gasteiger partial charge in [0.2, 0.25) is 23.7 Å². The smallest absolute Gasteiger partial charge is 0.321 e. The minimum atomic E-state index is -0.0973.